The number of aromatic nitrogens is 2. The third kappa shape index (κ3) is 3.80. The highest BCUT2D eigenvalue weighted by Gasteiger charge is 2.22. The number of ether oxygens (including phenoxy) is 1. The van der Waals surface area contributed by atoms with Crippen LogP contribution in [0.1, 0.15) is 11.7 Å². The highest BCUT2D eigenvalue weighted by Crippen LogP contribution is 2.19. The normalized spacial score (nSPS) is 16.9. The number of hydrogen-bond acceptors (Lipinski definition) is 6. The molecular formula is C17H21FN4O2. The molecule has 24 heavy (non-hydrogen) atoms. The molecule has 1 fully saturated rings. The van der Waals surface area contributed by atoms with Crippen LogP contribution in [0.5, 0.6) is 5.88 Å². The summed E-state index contributed by atoms with van der Waals surface area (Å²) in [5, 5.41) is 10.3. The van der Waals surface area contributed by atoms with E-state index in [1.165, 1.54) is 6.07 Å². The zero-order valence-electron chi connectivity index (χ0n) is 13.6. The van der Waals surface area contributed by atoms with E-state index in [1.807, 2.05) is 0 Å². The number of piperazine rings is 1. The SMILES string of the molecule is COc1ccnc(N2CCN(CC(O)c3ccccc3F)CC2)n1. The molecule has 1 unspecified atom stereocenters. The van der Waals surface area contributed by atoms with Gasteiger partial charge in [-0.2, -0.15) is 4.98 Å². The van der Waals surface area contributed by atoms with Gasteiger partial charge in [-0.05, 0) is 6.07 Å². The first-order valence-electron chi connectivity index (χ1n) is 7.94. The molecular weight excluding hydrogens is 311 g/mol. The molecule has 7 heteroatoms. The molecule has 1 aliphatic heterocycles. The molecule has 0 radical (unpaired) electrons. The summed E-state index contributed by atoms with van der Waals surface area (Å²) in [5.41, 5.74) is 0.344. The van der Waals surface area contributed by atoms with Crippen LogP contribution in [0.4, 0.5) is 10.3 Å². The lowest BCUT2D eigenvalue weighted by molar-refractivity contribution is 0.106. The van der Waals surface area contributed by atoms with Gasteiger partial charge in [0, 0.05) is 50.6 Å². The molecule has 0 amide bonds. The molecule has 1 N–H and O–H groups in total. The Bertz CT molecular complexity index is 677. The molecule has 0 spiro atoms. The van der Waals surface area contributed by atoms with E-state index in [4.69, 9.17) is 4.74 Å². The predicted molar refractivity (Wildman–Crippen MR) is 88.6 cm³/mol. The van der Waals surface area contributed by atoms with E-state index in [0.717, 1.165) is 26.2 Å². The minimum atomic E-state index is -0.828. The van der Waals surface area contributed by atoms with Crippen molar-refractivity contribution in [1.82, 2.24) is 14.9 Å². The molecule has 1 saturated heterocycles. The lowest BCUT2D eigenvalue weighted by atomic mass is 10.1. The van der Waals surface area contributed by atoms with Crippen molar-refractivity contribution in [2.45, 2.75) is 6.10 Å². The minimum absolute atomic E-state index is 0.344. The molecule has 1 aromatic carbocycles. The maximum absolute atomic E-state index is 13.7. The molecule has 3 rings (SSSR count). The van der Waals surface area contributed by atoms with Crippen LogP contribution in [-0.4, -0.2) is 59.8 Å². The van der Waals surface area contributed by atoms with Gasteiger partial charge < -0.3 is 14.7 Å². The number of hydrogen-bond donors (Lipinski definition) is 1. The van der Waals surface area contributed by atoms with Crippen LogP contribution in [0.3, 0.4) is 0 Å². The molecule has 128 valence electrons. The Morgan fingerprint density at radius 2 is 1.96 bits per heavy atom. The Morgan fingerprint density at radius 3 is 2.67 bits per heavy atom. The van der Waals surface area contributed by atoms with Crippen LogP contribution >= 0.6 is 0 Å². The summed E-state index contributed by atoms with van der Waals surface area (Å²) in [6.45, 7) is 3.42. The van der Waals surface area contributed by atoms with Crippen molar-refractivity contribution in [2.75, 3.05) is 44.7 Å². The van der Waals surface area contributed by atoms with Gasteiger partial charge in [0.15, 0.2) is 0 Å². The fourth-order valence-electron chi connectivity index (χ4n) is 2.82. The van der Waals surface area contributed by atoms with Crippen molar-refractivity contribution in [2.24, 2.45) is 0 Å². The number of halogens is 1. The molecule has 2 heterocycles. The van der Waals surface area contributed by atoms with Crippen LogP contribution in [0.2, 0.25) is 0 Å². The van der Waals surface area contributed by atoms with E-state index in [1.54, 1.807) is 37.6 Å². The summed E-state index contributed by atoms with van der Waals surface area (Å²) in [7, 11) is 1.58. The Morgan fingerprint density at radius 1 is 1.21 bits per heavy atom. The van der Waals surface area contributed by atoms with Gasteiger partial charge in [0.2, 0.25) is 11.8 Å². The molecule has 2 aromatic rings. The smallest absolute Gasteiger partial charge is 0.228 e. The topological polar surface area (TPSA) is 61.7 Å². The van der Waals surface area contributed by atoms with E-state index in [-0.39, 0.29) is 5.82 Å². The minimum Gasteiger partial charge on any atom is -0.481 e. The zero-order chi connectivity index (χ0) is 16.9. The van der Waals surface area contributed by atoms with Crippen molar-refractivity contribution in [1.29, 1.82) is 0 Å². The highest BCUT2D eigenvalue weighted by molar-refractivity contribution is 5.32. The third-order valence-corrected chi connectivity index (χ3v) is 4.18. The fraction of sp³-hybridized carbons (Fsp3) is 0.412. The van der Waals surface area contributed by atoms with Crippen LogP contribution in [0.25, 0.3) is 0 Å². The first-order valence-corrected chi connectivity index (χ1v) is 7.94. The summed E-state index contributed by atoms with van der Waals surface area (Å²) < 4.78 is 18.9. The van der Waals surface area contributed by atoms with Gasteiger partial charge in [-0.15, -0.1) is 0 Å². The van der Waals surface area contributed by atoms with E-state index in [9.17, 15) is 9.50 Å². The standard InChI is InChI=1S/C17H21FN4O2/c1-24-16-6-7-19-17(20-16)22-10-8-21(9-11-22)12-15(23)13-4-2-3-5-14(13)18/h2-7,15,23H,8-12H2,1H3. The van der Waals surface area contributed by atoms with Crippen LogP contribution in [0.15, 0.2) is 36.5 Å². The average Bonchev–Trinajstić information content (AvgIpc) is 2.62. The lowest BCUT2D eigenvalue weighted by Crippen LogP contribution is -2.48. The number of β-amino-alcohol motifs (C(OH)–C–C–N with tert-alkyl or cyclic N) is 1. The van der Waals surface area contributed by atoms with E-state index >= 15 is 0 Å². The van der Waals surface area contributed by atoms with Gasteiger partial charge in [0.25, 0.3) is 0 Å². The molecule has 0 aliphatic carbocycles. The van der Waals surface area contributed by atoms with Gasteiger partial charge >= 0.3 is 0 Å². The highest BCUT2D eigenvalue weighted by atomic mass is 19.1. The monoisotopic (exact) mass is 332 g/mol. The van der Waals surface area contributed by atoms with Gasteiger partial charge in [0.05, 0.1) is 13.2 Å². The Labute approximate surface area is 140 Å². The first kappa shape index (κ1) is 16.6. The molecule has 6 nitrogen and oxygen atoms in total. The number of methoxy groups -OCH3 is 1. The average molecular weight is 332 g/mol. The summed E-state index contributed by atoms with van der Waals surface area (Å²) >= 11 is 0. The fourth-order valence-corrected chi connectivity index (χ4v) is 2.82. The predicted octanol–water partition coefficient (Wildman–Crippen LogP) is 1.48. The van der Waals surface area contributed by atoms with Gasteiger partial charge in [0.1, 0.15) is 5.82 Å². The van der Waals surface area contributed by atoms with Crippen molar-refractivity contribution < 1.29 is 14.2 Å². The van der Waals surface area contributed by atoms with E-state index < -0.39 is 6.10 Å². The van der Waals surface area contributed by atoms with Gasteiger partial charge in [-0.25, -0.2) is 9.37 Å². The van der Waals surface area contributed by atoms with E-state index in [0.29, 0.717) is 23.9 Å². The van der Waals surface area contributed by atoms with Crippen molar-refractivity contribution in [3.8, 4) is 5.88 Å². The van der Waals surface area contributed by atoms with Crippen molar-refractivity contribution >= 4 is 5.95 Å². The van der Waals surface area contributed by atoms with Crippen molar-refractivity contribution in [3.05, 3.63) is 47.9 Å². The molecule has 1 aromatic heterocycles. The summed E-state index contributed by atoms with van der Waals surface area (Å²) in [6.07, 6.45) is 0.848. The maximum atomic E-state index is 13.7. The Balaban J connectivity index is 1.56. The number of benzene rings is 1. The molecule has 0 saturated carbocycles. The quantitative estimate of drug-likeness (QED) is 0.895. The summed E-state index contributed by atoms with van der Waals surface area (Å²) in [6, 6.07) is 8.07. The first-order chi connectivity index (χ1) is 11.7. The van der Waals surface area contributed by atoms with Crippen LogP contribution in [-0.2, 0) is 0 Å². The van der Waals surface area contributed by atoms with Crippen LogP contribution < -0.4 is 9.64 Å². The Hall–Kier alpha value is -2.25. The molecule has 0 bridgehead atoms. The maximum Gasteiger partial charge on any atom is 0.228 e. The number of rotatable bonds is 5. The number of aliphatic hydroxyl groups excluding tert-OH is 1. The number of anilines is 1. The molecule has 1 aliphatic rings. The van der Waals surface area contributed by atoms with E-state index in [2.05, 4.69) is 19.8 Å². The Kier molecular flexibility index (Phi) is 5.22. The third-order valence-electron chi connectivity index (χ3n) is 4.18. The zero-order valence-corrected chi connectivity index (χ0v) is 13.6. The van der Waals surface area contributed by atoms with Crippen molar-refractivity contribution in [3.63, 3.8) is 0 Å². The largest absolute Gasteiger partial charge is 0.481 e. The van der Waals surface area contributed by atoms with Crippen LogP contribution in [0, 0.1) is 5.82 Å². The number of aliphatic hydroxyl groups is 1. The van der Waals surface area contributed by atoms with Gasteiger partial charge in [-0.1, -0.05) is 18.2 Å². The second-order valence-corrected chi connectivity index (χ2v) is 5.72. The number of nitrogens with zero attached hydrogens (tertiary/aromatic N) is 4. The summed E-state index contributed by atoms with van der Waals surface area (Å²) in [4.78, 5) is 12.8. The second kappa shape index (κ2) is 7.55. The lowest BCUT2D eigenvalue weighted by Gasteiger charge is -2.35. The molecule has 1 atom stereocenters. The second-order valence-electron chi connectivity index (χ2n) is 5.72. The summed E-state index contributed by atoms with van der Waals surface area (Å²) in [5.74, 6) is 0.814. The van der Waals surface area contributed by atoms with Gasteiger partial charge in [-0.3, -0.25) is 4.90 Å².